The first-order chi connectivity index (χ1) is 4.86. The zero-order valence-corrected chi connectivity index (χ0v) is 8.98. The molecule has 0 atom stereocenters. The molecule has 0 radical (unpaired) electrons. The third-order valence-electron chi connectivity index (χ3n) is 1.34. The van der Waals surface area contributed by atoms with Gasteiger partial charge in [0, 0.05) is 0 Å². The summed E-state index contributed by atoms with van der Waals surface area (Å²) in [7, 11) is 0. The molecule has 11 heavy (non-hydrogen) atoms. The molecule has 0 aromatic heterocycles. The average Bonchev–Trinajstić information content (AvgIpc) is 2.33. The minimum atomic E-state index is 0. The molecular weight excluding hydrogens is 171 g/mol. The van der Waals surface area contributed by atoms with Gasteiger partial charge in [-0.25, -0.2) is 0 Å². The topological polar surface area (TPSA) is 18.5 Å². The molecule has 1 aromatic carbocycles. The molecule has 52 valence electrons. The predicted molar refractivity (Wildman–Crippen MR) is 38.2 cm³/mol. The van der Waals surface area contributed by atoms with Crippen LogP contribution < -0.4 is 39.0 Å². The van der Waals surface area contributed by atoms with Crippen molar-refractivity contribution in [2.24, 2.45) is 0 Å². The minimum absolute atomic E-state index is 0. The van der Waals surface area contributed by atoms with Crippen LogP contribution in [-0.4, -0.2) is 6.79 Å². The second kappa shape index (κ2) is 3.63. The molecule has 4 heteroatoms. The SMILES string of the molecule is [Na+].[S-]c1ccc2c(c1)OCO2. The van der Waals surface area contributed by atoms with Crippen molar-refractivity contribution in [1.82, 2.24) is 0 Å². The number of hydrogen-bond acceptors (Lipinski definition) is 3. The second-order valence-electron chi connectivity index (χ2n) is 2.02. The van der Waals surface area contributed by atoms with Crippen LogP contribution in [-0.2, 0) is 12.6 Å². The van der Waals surface area contributed by atoms with Crippen LogP contribution in [0.2, 0.25) is 0 Å². The van der Waals surface area contributed by atoms with E-state index in [0.29, 0.717) is 6.79 Å². The van der Waals surface area contributed by atoms with Gasteiger partial charge in [-0.1, -0.05) is 6.07 Å². The van der Waals surface area contributed by atoms with Gasteiger partial charge in [0.2, 0.25) is 6.79 Å². The third-order valence-corrected chi connectivity index (χ3v) is 1.60. The molecule has 0 spiro atoms. The van der Waals surface area contributed by atoms with E-state index >= 15 is 0 Å². The Balaban J connectivity index is 0.000000605. The van der Waals surface area contributed by atoms with E-state index in [1.54, 1.807) is 6.07 Å². The van der Waals surface area contributed by atoms with E-state index in [1.807, 2.05) is 12.1 Å². The van der Waals surface area contributed by atoms with E-state index in [1.165, 1.54) is 0 Å². The van der Waals surface area contributed by atoms with E-state index in [2.05, 4.69) is 0 Å². The summed E-state index contributed by atoms with van der Waals surface area (Å²) in [6.07, 6.45) is 0. The standard InChI is InChI=1S/C7H6O2S.Na/c10-5-1-2-6-7(3-5)9-4-8-6;/h1-3,10H,4H2;/q;+1/p-1. The molecule has 2 nitrogen and oxygen atoms in total. The summed E-state index contributed by atoms with van der Waals surface area (Å²) >= 11 is 4.92. The fourth-order valence-electron chi connectivity index (χ4n) is 0.877. The van der Waals surface area contributed by atoms with E-state index in [-0.39, 0.29) is 29.6 Å². The first-order valence-electron chi connectivity index (χ1n) is 2.93. The molecule has 0 unspecified atom stereocenters. The van der Waals surface area contributed by atoms with Gasteiger partial charge in [-0.2, -0.15) is 4.90 Å². The van der Waals surface area contributed by atoms with Crippen molar-refractivity contribution >= 4 is 12.6 Å². The molecule has 0 saturated heterocycles. The average molecular weight is 176 g/mol. The summed E-state index contributed by atoms with van der Waals surface area (Å²) in [5.74, 6) is 1.54. The van der Waals surface area contributed by atoms with Crippen molar-refractivity contribution < 1.29 is 39.0 Å². The summed E-state index contributed by atoms with van der Waals surface area (Å²) in [4.78, 5) is 0.782. The Bertz CT molecular complexity index is 265. The van der Waals surface area contributed by atoms with Crippen molar-refractivity contribution in [3.63, 3.8) is 0 Å². The zero-order chi connectivity index (χ0) is 6.97. The van der Waals surface area contributed by atoms with Crippen LogP contribution in [0.5, 0.6) is 11.5 Å². The molecular formula is C7H5NaO2S. The molecule has 2 rings (SSSR count). The van der Waals surface area contributed by atoms with Crippen molar-refractivity contribution in [3.05, 3.63) is 18.2 Å². The van der Waals surface area contributed by atoms with Gasteiger partial charge in [0.1, 0.15) is 0 Å². The fraction of sp³-hybridized carbons (Fsp3) is 0.143. The zero-order valence-electron chi connectivity index (χ0n) is 6.16. The van der Waals surface area contributed by atoms with Crippen LogP contribution in [0.4, 0.5) is 0 Å². The normalized spacial score (nSPS) is 12.4. The molecule has 0 fully saturated rings. The van der Waals surface area contributed by atoms with Crippen molar-refractivity contribution in [1.29, 1.82) is 0 Å². The Morgan fingerprint density at radius 2 is 1.91 bits per heavy atom. The quantitative estimate of drug-likeness (QED) is 0.348. The molecule has 0 amide bonds. The summed E-state index contributed by atoms with van der Waals surface area (Å²) < 4.78 is 10.2. The first-order valence-corrected chi connectivity index (χ1v) is 3.34. The third kappa shape index (κ3) is 1.79. The second-order valence-corrected chi connectivity index (χ2v) is 2.49. The molecule has 0 saturated carbocycles. The van der Waals surface area contributed by atoms with Crippen LogP contribution in [0.1, 0.15) is 0 Å². The summed E-state index contributed by atoms with van der Waals surface area (Å²) in [6.45, 7) is 0.314. The molecule has 1 aromatic rings. The Labute approximate surface area is 92.6 Å². The van der Waals surface area contributed by atoms with E-state index < -0.39 is 0 Å². The van der Waals surface area contributed by atoms with Gasteiger partial charge in [0.05, 0.1) is 0 Å². The maximum absolute atomic E-state index is 5.09. The number of hydrogen-bond donors (Lipinski definition) is 0. The summed E-state index contributed by atoms with van der Waals surface area (Å²) in [5, 5.41) is 0. The monoisotopic (exact) mass is 176 g/mol. The van der Waals surface area contributed by atoms with Gasteiger partial charge in [0.25, 0.3) is 0 Å². The van der Waals surface area contributed by atoms with Gasteiger partial charge in [-0.3, -0.25) is 0 Å². The maximum atomic E-state index is 5.09. The maximum Gasteiger partial charge on any atom is 1.00 e. The van der Waals surface area contributed by atoms with Crippen LogP contribution in [0, 0.1) is 0 Å². The van der Waals surface area contributed by atoms with Crippen molar-refractivity contribution in [3.8, 4) is 11.5 Å². The largest absolute Gasteiger partial charge is 1.00 e. The van der Waals surface area contributed by atoms with Crippen LogP contribution in [0.25, 0.3) is 0 Å². The van der Waals surface area contributed by atoms with E-state index in [0.717, 1.165) is 16.4 Å². The Hall–Kier alpha value is 0.0400. The predicted octanol–water partition coefficient (Wildman–Crippen LogP) is -1.67. The van der Waals surface area contributed by atoms with E-state index in [4.69, 9.17) is 22.1 Å². The molecule has 1 heterocycles. The molecule has 0 N–H and O–H groups in total. The van der Waals surface area contributed by atoms with Crippen molar-refractivity contribution in [2.45, 2.75) is 4.90 Å². The number of ether oxygens (including phenoxy) is 2. The molecule has 1 aliphatic heterocycles. The Kier molecular flexibility index (Phi) is 3.01. The number of rotatable bonds is 0. The minimum Gasteiger partial charge on any atom is -0.780 e. The van der Waals surface area contributed by atoms with Gasteiger partial charge < -0.3 is 22.1 Å². The Morgan fingerprint density at radius 3 is 2.73 bits per heavy atom. The van der Waals surface area contributed by atoms with Crippen molar-refractivity contribution in [2.75, 3.05) is 6.79 Å². The number of benzene rings is 1. The molecule has 0 bridgehead atoms. The fourth-order valence-corrected chi connectivity index (χ4v) is 1.05. The molecule has 0 aliphatic carbocycles. The van der Waals surface area contributed by atoms with Gasteiger partial charge in [0.15, 0.2) is 11.5 Å². The number of fused-ring (bicyclic) bond motifs is 1. The smallest absolute Gasteiger partial charge is 0.780 e. The van der Waals surface area contributed by atoms with E-state index in [9.17, 15) is 0 Å². The van der Waals surface area contributed by atoms with Gasteiger partial charge >= 0.3 is 29.6 Å². The van der Waals surface area contributed by atoms with Crippen LogP contribution in [0.15, 0.2) is 23.1 Å². The van der Waals surface area contributed by atoms with Gasteiger partial charge in [-0.05, 0) is 12.1 Å². The first kappa shape index (κ1) is 9.13. The Morgan fingerprint density at radius 1 is 1.18 bits per heavy atom. The summed E-state index contributed by atoms with van der Waals surface area (Å²) in [6, 6.07) is 5.44. The molecule has 1 aliphatic rings. The van der Waals surface area contributed by atoms with Crippen LogP contribution >= 0.6 is 0 Å². The van der Waals surface area contributed by atoms with Gasteiger partial charge in [-0.15, -0.1) is 0 Å². The van der Waals surface area contributed by atoms with Crippen LogP contribution in [0.3, 0.4) is 0 Å². The summed E-state index contributed by atoms with van der Waals surface area (Å²) in [5.41, 5.74) is 0.